The van der Waals surface area contributed by atoms with E-state index in [0.717, 1.165) is 26.0 Å². The number of aromatic nitrogens is 3. The van der Waals surface area contributed by atoms with Crippen LogP contribution in [-0.4, -0.2) is 27.2 Å². The quantitative estimate of drug-likeness (QED) is 0.375. The molecule has 0 fully saturated rings. The van der Waals surface area contributed by atoms with Crippen LogP contribution in [0.25, 0.3) is 21.7 Å². The minimum atomic E-state index is -0.401. The molecule has 3 N–H and O–H groups in total. The smallest absolute Gasteiger partial charge is 0.273 e. The fraction of sp³-hybridized carbons (Fsp3) is 0.125. The van der Waals surface area contributed by atoms with E-state index in [1.165, 1.54) is 0 Å². The molecule has 0 spiro atoms. The van der Waals surface area contributed by atoms with E-state index in [1.54, 1.807) is 35.6 Å². The second-order valence-electron chi connectivity index (χ2n) is 7.54. The van der Waals surface area contributed by atoms with Gasteiger partial charge in [-0.15, -0.1) is 11.3 Å². The number of H-pyrrole nitrogens is 2. The van der Waals surface area contributed by atoms with Crippen LogP contribution in [0, 0.1) is 0 Å². The third-order valence-corrected chi connectivity index (χ3v) is 6.56. The van der Waals surface area contributed by atoms with Crippen LogP contribution in [0.5, 0.6) is 0 Å². The van der Waals surface area contributed by atoms with Crippen molar-refractivity contribution in [1.29, 1.82) is 0 Å². The highest BCUT2D eigenvalue weighted by Crippen LogP contribution is 2.32. The number of thiophene rings is 1. The number of nitrogens with one attached hydrogen (secondary N) is 3. The molecule has 1 atom stereocenters. The topological polar surface area (TPSA) is 99.8 Å². The van der Waals surface area contributed by atoms with E-state index in [4.69, 9.17) is 0 Å². The molecule has 0 bridgehead atoms. The van der Waals surface area contributed by atoms with Crippen LogP contribution in [0.4, 0.5) is 0 Å². The summed E-state index contributed by atoms with van der Waals surface area (Å²) in [5.41, 5.74) is 1.33. The van der Waals surface area contributed by atoms with E-state index in [9.17, 15) is 14.4 Å². The molecule has 0 saturated heterocycles. The van der Waals surface area contributed by atoms with E-state index in [2.05, 4.69) is 27.5 Å². The molecule has 3 heterocycles. The number of carbonyl (C=O) groups is 1. The van der Waals surface area contributed by atoms with Crippen LogP contribution in [0.3, 0.4) is 0 Å². The zero-order valence-corrected chi connectivity index (χ0v) is 17.8. The Morgan fingerprint density at radius 2 is 1.72 bits per heavy atom. The molecule has 5 aromatic rings. The molecule has 0 aliphatic rings. The molecule has 0 saturated carbocycles. The Hall–Kier alpha value is -3.91. The van der Waals surface area contributed by atoms with Crippen molar-refractivity contribution < 1.29 is 4.79 Å². The molecule has 3 aromatic heterocycles. The largest absolute Gasteiger partial charge is 0.361 e. The van der Waals surface area contributed by atoms with Crippen molar-refractivity contribution in [3.63, 3.8) is 0 Å². The lowest BCUT2D eigenvalue weighted by molar-refractivity contribution is -0.121. The average molecular weight is 445 g/mol. The van der Waals surface area contributed by atoms with Gasteiger partial charge >= 0.3 is 0 Å². The monoisotopic (exact) mass is 444 g/mol. The lowest BCUT2D eigenvalue weighted by Gasteiger charge is -2.16. The van der Waals surface area contributed by atoms with Crippen LogP contribution in [0.2, 0.25) is 0 Å². The summed E-state index contributed by atoms with van der Waals surface area (Å²) >= 11 is 1.63. The van der Waals surface area contributed by atoms with Crippen LogP contribution >= 0.6 is 11.3 Å². The summed E-state index contributed by atoms with van der Waals surface area (Å²) in [6.07, 6.45) is 1.98. The molecule has 5 rings (SSSR count). The first-order valence-corrected chi connectivity index (χ1v) is 11.1. The molecule has 0 unspecified atom stereocenters. The molecule has 1 amide bonds. The number of benzene rings is 2. The number of nitrogens with zero attached hydrogens (tertiary/aromatic N) is 1. The maximum atomic E-state index is 12.7. The standard InChI is InChI=1S/C24H20N4O3S/c29-22(14-28-24(31)17-8-2-1-7-16(17)23(30)27-28)26-13-19(21-10-5-11-32-21)18-12-25-20-9-4-3-6-15(18)20/h1-12,19,25H,13-14H2,(H,26,29)(H,27,30)/t19-/m1/s1. The molecule has 2 aromatic carbocycles. The Morgan fingerprint density at radius 1 is 0.969 bits per heavy atom. The highest BCUT2D eigenvalue weighted by Gasteiger charge is 2.20. The number of para-hydroxylation sites is 1. The predicted octanol–water partition coefficient (Wildman–Crippen LogP) is 3.18. The number of hydrogen-bond donors (Lipinski definition) is 3. The van der Waals surface area contributed by atoms with Crippen molar-refractivity contribution in [1.82, 2.24) is 20.1 Å². The first kappa shape index (κ1) is 20.0. The molecule has 32 heavy (non-hydrogen) atoms. The molecule has 8 heteroatoms. The van der Waals surface area contributed by atoms with Gasteiger partial charge in [-0.25, -0.2) is 4.68 Å². The van der Waals surface area contributed by atoms with Gasteiger partial charge in [0.25, 0.3) is 11.1 Å². The molecule has 7 nitrogen and oxygen atoms in total. The lowest BCUT2D eigenvalue weighted by atomic mass is 9.96. The van der Waals surface area contributed by atoms with Gasteiger partial charge < -0.3 is 10.3 Å². The minimum absolute atomic E-state index is 0.0394. The molecule has 0 aliphatic carbocycles. The maximum Gasteiger partial charge on any atom is 0.273 e. The molecule has 160 valence electrons. The van der Waals surface area contributed by atoms with Crippen molar-refractivity contribution in [2.24, 2.45) is 0 Å². The summed E-state index contributed by atoms with van der Waals surface area (Å²) in [5.74, 6) is -0.387. The molecular formula is C24H20N4O3S. The van der Waals surface area contributed by atoms with E-state index in [1.807, 2.05) is 35.8 Å². The van der Waals surface area contributed by atoms with Crippen molar-refractivity contribution in [3.05, 3.63) is 103 Å². The average Bonchev–Trinajstić information content (AvgIpc) is 3.49. The number of hydrogen-bond acceptors (Lipinski definition) is 4. The first-order valence-electron chi connectivity index (χ1n) is 10.2. The van der Waals surface area contributed by atoms with E-state index in [-0.39, 0.29) is 18.4 Å². The third kappa shape index (κ3) is 3.65. The minimum Gasteiger partial charge on any atom is -0.361 e. The van der Waals surface area contributed by atoms with Gasteiger partial charge in [0.05, 0.1) is 10.8 Å². The summed E-state index contributed by atoms with van der Waals surface area (Å²) in [7, 11) is 0. The van der Waals surface area contributed by atoms with Gasteiger partial charge in [0.15, 0.2) is 0 Å². The van der Waals surface area contributed by atoms with Gasteiger partial charge in [-0.05, 0) is 35.2 Å². The Balaban J connectivity index is 1.39. The van der Waals surface area contributed by atoms with Crippen molar-refractivity contribution >= 4 is 38.9 Å². The highest BCUT2D eigenvalue weighted by atomic mass is 32.1. The molecular weight excluding hydrogens is 424 g/mol. The van der Waals surface area contributed by atoms with E-state index in [0.29, 0.717) is 17.3 Å². The fourth-order valence-corrected chi connectivity index (χ4v) is 4.85. The van der Waals surface area contributed by atoms with E-state index >= 15 is 0 Å². The zero-order chi connectivity index (χ0) is 22.1. The highest BCUT2D eigenvalue weighted by molar-refractivity contribution is 7.10. The SMILES string of the molecule is O=C(Cn1[nH]c(=O)c2ccccc2c1=O)NC[C@@H](c1cccs1)c1c[nH]c2ccccc12. The summed E-state index contributed by atoms with van der Waals surface area (Å²) in [4.78, 5) is 42.1. The summed E-state index contributed by atoms with van der Waals surface area (Å²) in [6, 6.07) is 18.7. The lowest BCUT2D eigenvalue weighted by Crippen LogP contribution is -2.38. The summed E-state index contributed by atoms with van der Waals surface area (Å²) in [6.45, 7) is 0.109. The Bertz CT molecular complexity index is 1530. The Kier molecular flexibility index (Phi) is 5.20. The number of amides is 1. The number of aromatic amines is 2. The van der Waals surface area contributed by atoms with Gasteiger partial charge in [-0.1, -0.05) is 36.4 Å². The van der Waals surface area contributed by atoms with Gasteiger partial charge in [0.2, 0.25) is 5.91 Å². The molecule has 0 aliphatic heterocycles. The van der Waals surface area contributed by atoms with Crippen molar-refractivity contribution in [2.75, 3.05) is 6.54 Å². The summed E-state index contributed by atoms with van der Waals surface area (Å²) < 4.78 is 1.06. The number of rotatable bonds is 6. The van der Waals surface area contributed by atoms with Crippen LogP contribution < -0.4 is 16.4 Å². The molecule has 0 radical (unpaired) electrons. The zero-order valence-electron chi connectivity index (χ0n) is 17.0. The first-order chi connectivity index (χ1) is 15.6. The van der Waals surface area contributed by atoms with Gasteiger partial charge in [0, 0.05) is 34.4 Å². The normalized spacial score (nSPS) is 12.2. The maximum absolute atomic E-state index is 12.7. The van der Waals surface area contributed by atoms with Crippen LogP contribution in [0.15, 0.2) is 81.8 Å². The number of carbonyl (C=O) groups excluding carboxylic acids is 1. The fourth-order valence-electron chi connectivity index (χ4n) is 4.01. The van der Waals surface area contributed by atoms with Crippen LogP contribution in [0.1, 0.15) is 16.4 Å². The Morgan fingerprint density at radius 3 is 2.50 bits per heavy atom. The van der Waals surface area contributed by atoms with E-state index < -0.39 is 11.1 Å². The van der Waals surface area contributed by atoms with Gasteiger partial charge in [0.1, 0.15) is 6.54 Å². The third-order valence-electron chi connectivity index (χ3n) is 5.57. The van der Waals surface area contributed by atoms with Gasteiger partial charge in [-0.3, -0.25) is 19.5 Å². The Labute approximate surface area is 186 Å². The number of fused-ring (bicyclic) bond motifs is 2. The second kappa shape index (κ2) is 8.32. The summed E-state index contributed by atoms with van der Waals surface area (Å²) in [5, 5.41) is 9.16. The van der Waals surface area contributed by atoms with Crippen molar-refractivity contribution in [2.45, 2.75) is 12.5 Å². The van der Waals surface area contributed by atoms with Crippen molar-refractivity contribution in [3.8, 4) is 0 Å². The predicted molar refractivity (Wildman–Crippen MR) is 126 cm³/mol. The van der Waals surface area contributed by atoms with Gasteiger partial charge in [-0.2, -0.15) is 0 Å². The van der Waals surface area contributed by atoms with Crippen LogP contribution in [-0.2, 0) is 11.3 Å². The second-order valence-corrected chi connectivity index (χ2v) is 8.52.